The summed E-state index contributed by atoms with van der Waals surface area (Å²) in [6.07, 6.45) is 8.38. The van der Waals surface area contributed by atoms with Gasteiger partial charge in [0.1, 0.15) is 0 Å². The Morgan fingerprint density at radius 3 is 2.41 bits per heavy atom. The second-order valence-electron chi connectivity index (χ2n) is 8.32. The van der Waals surface area contributed by atoms with Crippen molar-refractivity contribution in [3.8, 4) is 0 Å². The monoisotopic (exact) mass is 356 g/mol. The molecule has 27 heavy (non-hydrogen) atoms. The Morgan fingerprint density at radius 1 is 1.00 bits per heavy atom. The van der Waals surface area contributed by atoms with Crippen molar-refractivity contribution in [2.45, 2.75) is 58.8 Å². The second kappa shape index (κ2) is 6.60. The molecule has 0 spiro atoms. The van der Waals surface area contributed by atoms with Crippen LogP contribution < -0.4 is 0 Å². The van der Waals surface area contributed by atoms with E-state index in [4.69, 9.17) is 10.4 Å². The van der Waals surface area contributed by atoms with E-state index < -0.39 is 0 Å². The smallest absolute Gasteiger partial charge is 0.0719 e. The first-order chi connectivity index (χ1) is 12.9. The van der Waals surface area contributed by atoms with Crippen LogP contribution in [-0.2, 0) is 11.8 Å². The Hall–Kier alpha value is -2.48. The minimum absolute atomic E-state index is 0.125. The first-order valence-electron chi connectivity index (χ1n) is 9.98. The van der Waals surface area contributed by atoms with Crippen molar-refractivity contribution >= 4 is 17.6 Å². The van der Waals surface area contributed by atoms with Gasteiger partial charge < -0.3 is 5.41 Å². The van der Waals surface area contributed by atoms with Crippen LogP contribution in [-0.4, -0.2) is 11.9 Å². The second-order valence-corrected chi connectivity index (χ2v) is 8.32. The SMILES string of the molecule is CC[C@@]12CC=N/C(c3cc(C)cc(C)c3)=C\C(=N)c3cc(C)cc(c31)CC2. The van der Waals surface area contributed by atoms with E-state index in [0.29, 0.717) is 5.71 Å². The lowest BCUT2D eigenvalue weighted by Crippen LogP contribution is -2.25. The normalized spacial score (nSPS) is 23.3. The van der Waals surface area contributed by atoms with Crippen LogP contribution in [0.3, 0.4) is 0 Å². The summed E-state index contributed by atoms with van der Waals surface area (Å²) >= 11 is 0. The number of hydrogen-bond acceptors (Lipinski definition) is 2. The van der Waals surface area contributed by atoms with E-state index in [1.165, 1.54) is 27.8 Å². The Labute approximate surface area is 162 Å². The van der Waals surface area contributed by atoms with Gasteiger partial charge in [-0.1, -0.05) is 35.7 Å². The molecule has 2 nitrogen and oxygen atoms in total. The maximum Gasteiger partial charge on any atom is 0.0719 e. The number of aryl methyl sites for hydroxylation is 4. The molecule has 0 radical (unpaired) electrons. The van der Waals surface area contributed by atoms with Crippen LogP contribution in [0, 0.1) is 26.2 Å². The highest BCUT2D eigenvalue weighted by atomic mass is 14.7. The van der Waals surface area contributed by atoms with E-state index in [1.807, 2.05) is 6.08 Å². The molecule has 4 rings (SSSR count). The average molecular weight is 357 g/mol. The highest BCUT2D eigenvalue weighted by Crippen LogP contribution is 2.46. The first-order valence-corrected chi connectivity index (χ1v) is 9.98. The van der Waals surface area contributed by atoms with Crippen molar-refractivity contribution in [1.29, 1.82) is 5.41 Å². The molecule has 2 aliphatic rings. The molecule has 1 atom stereocenters. The predicted molar refractivity (Wildman–Crippen MR) is 115 cm³/mol. The van der Waals surface area contributed by atoms with Crippen molar-refractivity contribution in [2.75, 3.05) is 0 Å². The van der Waals surface area contributed by atoms with Gasteiger partial charge in [-0.2, -0.15) is 0 Å². The number of nitrogens with zero attached hydrogens (tertiary/aromatic N) is 1. The lowest BCUT2D eigenvalue weighted by Gasteiger charge is -2.29. The Bertz CT molecular complexity index is 973. The van der Waals surface area contributed by atoms with Crippen LogP contribution in [0.4, 0.5) is 0 Å². The summed E-state index contributed by atoms with van der Waals surface area (Å²) in [5.41, 5.74) is 10.4. The largest absolute Gasteiger partial charge is 0.300 e. The van der Waals surface area contributed by atoms with E-state index in [-0.39, 0.29) is 5.41 Å². The van der Waals surface area contributed by atoms with Crippen LogP contribution in [0.25, 0.3) is 5.70 Å². The number of rotatable bonds is 2. The van der Waals surface area contributed by atoms with Crippen molar-refractivity contribution < 1.29 is 0 Å². The Balaban J connectivity index is 1.92. The zero-order chi connectivity index (χ0) is 19.2. The Kier molecular flexibility index (Phi) is 4.38. The fraction of sp³-hybridized carbons (Fsp3) is 0.360. The molecular weight excluding hydrogens is 328 g/mol. The van der Waals surface area contributed by atoms with E-state index in [2.05, 4.69) is 64.2 Å². The summed E-state index contributed by atoms with van der Waals surface area (Å²) < 4.78 is 0. The van der Waals surface area contributed by atoms with Crippen LogP contribution >= 0.6 is 0 Å². The molecule has 2 heteroatoms. The van der Waals surface area contributed by atoms with Crippen molar-refractivity contribution in [2.24, 2.45) is 4.99 Å². The number of allylic oxidation sites excluding steroid dienone is 1. The minimum Gasteiger partial charge on any atom is -0.300 e. The molecule has 0 fully saturated rings. The van der Waals surface area contributed by atoms with E-state index in [9.17, 15) is 0 Å². The van der Waals surface area contributed by atoms with Gasteiger partial charge in [-0.25, -0.2) is 0 Å². The van der Waals surface area contributed by atoms with Gasteiger partial charge in [-0.3, -0.25) is 4.99 Å². The third kappa shape index (κ3) is 3.07. The number of benzene rings is 2. The summed E-state index contributed by atoms with van der Waals surface area (Å²) in [5, 5.41) is 8.91. The van der Waals surface area contributed by atoms with Gasteiger partial charge >= 0.3 is 0 Å². The lowest BCUT2D eigenvalue weighted by molar-refractivity contribution is 0.427. The molecule has 0 bridgehead atoms. The summed E-state index contributed by atoms with van der Waals surface area (Å²) in [4.78, 5) is 4.86. The fourth-order valence-electron chi connectivity index (χ4n) is 4.95. The molecule has 1 aliphatic carbocycles. The van der Waals surface area contributed by atoms with E-state index >= 15 is 0 Å². The summed E-state index contributed by atoms with van der Waals surface area (Å²) in [6, 6.07) is 11.1. The molecule has 1 N–H and O–H groups in total. The van der Waals surface area contributed by atoms with E-state index in [1.54, 1.807) is 0 Å². The van der Waals surface area contributed by atoms with Gasteiger partial charge in [-0.15, -0.1) is 0 Å². The molecular formula is C25H28N2. The first kappa shape index (κ1) is 17.9. The van der Waals surface area contributed by atoms with Gasteiger partial charge in [0, 0.05) is 22.8 Å². The van der Waals surface area contributed by atoms with Gasteiger partial charge in [0.25, 0.3) is 0 Å². The van der Waals surface area contributed by atoms with Crippen LogP contribution in [0.5, 0.6) is 0 Å². The molecule has 1 heterocycles. The molecule has 2 aromatic carbocycles. The molecule has 0 unspecified atom stereocenters. The molecule has 2 aromatic rings. The average Bonchev–Trinajstić information content (AvgIpc) is 2.99. The van der Waals surface area contributed by atoms with Gasteiger partial charge in [-0.05, 0) is 81.9 Å². The zero-order valence-corrected chi connectivity index (χ0v) is 16.8. The predicted octanol–water partition coefficient (Wildman–Crippen LogP) is 6.09. The van der Waals surface area contributed by atoms with Gasteiger partial charge in [0.2, 0.25) is 0 Å². The third-order valence-electron chi connectivity index (χ3n) is 6.25. The fourth-order valence-corrected chi connectivity index (χ4v) is 4.95. The molecule has 0 saturated heterocycles. The minimum atomic E-state index is 0.125. The Morgan fingerprint density at radius 2 is 1.70 bits per heavy atom. The molecule has 0 amide bonds. The highest BCUT2D eigenvalue weighted by molar-refractivity contribution is 6.12. The molecule has 1 aliphatic heterocycles. The highest BCUT2D eigenvalue weighted by Gasteiger charge is 2.39. The molecule has 0 aromatic heterocycles. The number of nitrogens with one attached hydrogen (secondary N) is 1. The number of hydrogen-bond donors (Lipinski definition) is 1. The zero-order valence-electron chi connectivity index (χ0n) is 16.8. The lowest BCUT2D eigenvalue weighted by atomic mass is 9.74. The third-order valence-corrected chi connectivity index (χ3v) is 6.25. The van der Waals surface area contributed by atoms with Crippen molar-refractivity contribution in [1.82, 2.24) is 0 Å². The molecule has 0 saturated carbocycles. The van der Waals surface area contributed by atoms with Gasteiger partial charge in [0.05, 0.1) is 11.4 Å². The topological polar surface area (TPSA) is 36.2 Å². The van der Waals surface area contributed by atoms with Crippen LogP contribution in [0.15, 0.2) is 41.4 Å². The quantitative estimate of drug-likeness (QED) is 0.676. The van der Waals surface area contributed by atoms with Crippen molar-refractivity contribution in [3.05, 3.63) is 75.4 Å². The van der Waals surface area contributed by atoms with Crippen molar-refractivity contribution in [3.63, 3.8) is 0 Å². The number of aliphatic imine (C=N–C) groups is 1. The molecule has 138 valence electrons. The summed E-state index contributed by atoms with van der Waals surface area (Å²) in [6.45, 7) is 8.67. The summed E-state index contributed by atoms with van der Waals surface area (Å²) in [5.74, 6) is 0. The summed E-state index contributed by atoms with van der Waals surface area (Å²) in [7, 11) is 0. The van der Waals surface area contributed by atoms with E-state index in [0.717, 1.165) is 42.5 Å². The standard InChI is InChI=1S/C25H28N2/c1-5-25-7-6-19-11-18(4)14-21(24(19)25)22(26)15-23(27-9-8-25)20-12-16(2)10-17(3)13-20/h9-15,26H,5-8H2,1-4H3/b23-15-,26-22?,27-9?/t25-/m1/s1. The maximum absolute atomic E-state index is 8.91. The van der Waals surface area contributed by atoms with Crippen LogP contribution in [0.1, 0.15) is 65.1 Å². The maximum atomic E-state index is 8.91. The van der Waals surface area contributed by atoms with Gasteiger partial charge in [0.15, 0.2) is 0 Å². The van der Waals surface area contributed by atoms with Crippen LogP contribution in [0.2, 0.25) is 0 Å².